The lowest BCUT2D eigenvalue weighted by molar-refractivity contribution is 0.242. The lowest BCUT2D eigenvalue weighted by Gasteiger charge is -2.17. The molecule has 0 bridgehead atoms. The van der Waals surface area contributed by atoms with E-state index in [1.165, 1.54) is 0 Å². The summed E-state index contributed by atoms with van der Waals surface area (Å²) in [4.78, 5) is 0. The Balaban J connectivity index is 1.96. The first-order valence-corrected chi connectivity index (χ1v) is 6.62. The van der Waals surface area contributed by atoms with E-state index in [2.05, 4.69) is 11.4 Å². The normalized spacial score (nSPS) is 22.8. The van der Waals surface area contributed by atoms with Crippen LogP contribution in [-0.2, 0) is 0 Å². The van der Waals surface area contributed by atoms with Crippen molar-refractivity contribution in [2.24, 2.45) is 5.92 Å². The maximum atomic E-state index is 9.05. The van der Waals surface area contributed by atoms with E-state index in [9.17, 15) is 0 Å². The zero-order valence-corrected chi connectivity index (χ0v) is 11.0. The van der Waals surface area contributed by atoms with Crippen molar-refractivity contribution in [3.63, 3.8) is 0 Å². The van der Waals surface area contributed by atoms with E-state index in [1.54, 1.807) is 0 Å². The lowest BCUT2D eigenvalue weighted by Crippen LogP contribution is -2.22. The molecule has 1 N–H and O–H groups in total. The van der Waals surface area contributed by atoms with Gasteiger partial charge in [-0.1, -0.05) is 0 Å². The van der Waals surface area contributed by atoms with E-state index >= 15 is 0 Å². The van der Waals surface area contributed by atoms with Crippen LogP contribution in [-0.4, -0.2) is 12.1 Å². The van der Waals surface area contributed by atoms with Crippen molar-refractivity contribution in [2.45, 2.75) is 45.3 Å². The van der Waals surface area contributed by atoms with Crippen molar-refractivity contribution < 1.29 is 4.74 Å². The number of benzene rings is 1. The Hall–Kier alpha value is -1.69. The predicted octanol–water partition coefficient (Wildman–Crippen LogP) is 3.58. The standard InChI is InChI=1S/C15H20N2O/c1-11(2)18-14-8-6-13(7-9-14)17-15-5-3-4-12(15)10-16/h6-9,11-12,15,17H,3-5H2,1-2H3. The summed E-state index contributed by atoms with van der Waals surface area (Å²) >= 11 is 0. The maximum absolute atomic E-state index is 9.05. The summed E-state index contributed by atoms with van der Waals surface area (Å²) in [6.07, 6.45) is 3.44. The maximum Gasteiger partial charge on any atom is 0.119 e. The van der Waals surface area contributed by atoms with Gasteiger partial charge in [-0.2, -0.15) is 5.26 Å². The van der Waals surface area contributed by atoms with Crippen molar-refractivity contribution in [1.82, 2.24) is 0 Å². The highest BCUT2D eigenvalue weighted by Crippen LogP contribution is 2.28. The van der Waals surface area contributed by atoms with Crippen LogP contribution in [0.15, 0.2) is 24.3 Å². The van der Waals surface area contributed by atoms with Crippen LogP contribution in [0.3, 0.4) is 0 Å². The molecule has 0 radical (unpaired) electrons. The van der Waals surface area contributed by atoms with Gasteiger partial charge in [-0.15, -0.1) is 0 Å². The Morgan fingerprint density at radius 2 is 2.00 bits per heavy atom. The number of hydrogen-bond donors (Lipinski definition) is 1. The molecule has 2 atom stereocenters. The Kier molecular flexibility index (Phi) is 4.09. The minimum Gasteiger partial charge on any atom is -0.491 e. The third-order valence-corrected chi connectivity index (χ3v) is 3.26. The fraction of sp³-hybridized carbons (Fsp3) is 0.533. The van der Waals surface area contributed by atoms with Crippen molar-refractivity contribution in [3.05, 3.63) is 24.3 Å². The molecule has 1 saturated carbocycles. The van der Waals surface area contributed by atoms with Gasteiger partial charge in [0.15, 0.2) is 0 Å². The third-order valence-electron chi connectivity index (χ3n) is 3.26. The van der Waals surface area contributed by atoms with E-state index < -0.39 is 0 Å². The number of ether oxygens (including phenoxy) is 1. The van der Waals surface area contributed by atoms with Gasteiger partial charge in [0.2, 0.25) is 0 Å². The molecule has 0 aromatic heterocycles. The number of nitriles is 1. The number of nitrogens with zero attached hydrogens (tertiary/aromatic N) is 1. The van der Waals surface area contributed by atoms with Crippen LogP contribution in [0.1, 0.15) is 33.1 Å². The highest BCUT2D eigenvalue weighted by molar-refractivity contribution is 5.47. The molecule has 3 heteroatoms. The van der Waals surface area contributed by atoms with Gasteiger partial charge in [0.25, 0.3) is 0 Å². The van der Waals surface area contributed by atoms with Crippen LogP contribution in [0.4, 0.5) is 5.69 Å². The molecule has 3 nitrogen and oxygen atoms in total. The van der Waals surface area contributed by atoms with Gasteiger partial charge < -0.3 is 10.1 Å². The molecular weight excluding hydrogens is 224 g/mol. The summed E-state index contributed by atoms with van der Waals surface area (Å²) < 4.78 is 5.60. The van der Waals surface area contributed by atoms with Gasteiger partial charge in [0.05, 0.1) is 18.1 Å². The molecule has 1 fully saturated rings. The zero-order chi connectivity index (χ0) is 13.0. The fourth-order valence-corrected chi connectivity index (χ4v) is 2.40. The van der Waals surface area contributed by atoms with Crippen LogP contribution in [0.5, 0.6) is 5.75 Å². The number of rotatable bonds is 4. The molecule has 2 unspecified atom stereocenters. The van der Waals surface area contributed by atoms with E-state index in [0.717, 1.165) is 30.7 Å². The van der Waals surface area contributed by atoms with Crippen molar-refractivity contribution in [3.8, 4) is 11.8 Å². The van der Waals surface area contributed by atoms with Crippen LogP contribution in [0, 0.1) is 17.2 Å². The third kappa shape index (κ3) is 3.16. The van der Waals surface area contributed by atoms with E-state index in [1.807, 2.05) is 38.1 Å². The van der Waals surface area contributed by atoms with Gasteiger partial charge in [-0.05, 0) is 57.4 Å². The summed E-state index contributed by atoms with van der Waals surface area (Å²) in [6.45, 7) is 4.03. The van der Waals surface area contributed by atoms with Crippen molar-refractivity contribution >= 4 is 5.69 Å². The van der Waals surface area contributed by atoms with Gasteiger partial charge in [0, 0.05) is 11.7 Å². The Morgan fingerprint density at radius 3 is 2.61 bits per heavy atom. The average molecular weight is 244 g/mol. The second-order valence-corrected chi connectivity index (χ2v) is 5.11. The van der Waals surface area contributed by atoms with Gasteiger partial charge in [-0.25, -0.2) is 0 Å². The molecule has 96 valence electrons. The van der Waals surface area contributed by atoms with Crippen LogP contribution < -0.4 is 10.1 Å². The highest BCUT2D eigenvalue weighted by atomic mass is 16.5. The topological polar surface area (TPSA) is 45.0 Å². The average Bonchev–Trinajstić information content (AvgIpc) is 2.78. The lowest BCUT2D eigenvalue weighted by atomic mass is 10.1. The summed E-state index contributed by atoms with van der Waals surface area (Å²) in [5, 5.41) is 12.5. The molecule has 1 aromatic carbocycles. The van der Waals surface area contributed by atoms with E-state index in [-0.39, 0.29) is 12.0 Å². The molecule has 1 aliphatic rings. The molecule has 0 saturated heterocycles. The Labute approximate surface area is 109 Å². The van der Waals surface area contributed by atoms with Crippen molar-refractivity contribution in [1.29, 1.82) is 5.26 Å². The SMILES string of the molecule is CC(C)Oc1ccc(NC2CCCC2C#N)cc1. The molecule has 18 heavy (non-hydrogen) atoms. The Morgan fingerprint density at radius 1 is 1.28 bits per heavy atom. The molecule has 0 spiro atoms. The summed E-state index contributed by atoms with van der Waals surface area (Å²) in [7, 11) is 0. The Bertz CT molecular complexity index is 419. The minimum absolute atomic E-state index is 0.150. The number of anilines is 1. The summed E-state index contributed by atoms with van der Waals surface area (Å²) in [6, 6.07) is 10.7. The molecular formula is C15H20N2O. The second-order valence-electron chi connectivity index (χ2n) is 5.11. The van der Waals surface area contributed by atoms with Gasteiger partial charge in [0.1, 0.15) is 5.75 Å². The monoisotopic (exact) mass is 244 g/mol. The second kappa shape index (κ2) is 5.77. The van der Waals surface area contributed by atoms with E-state index in [0.29, 0.717) is 6.04 Å². The molecule has 2 rings (SSSR count). The quantitative estimate of drug-likeness (QED) is 0.880. The van der Waals surface area contributed by atoms with Crippen LogP contribution in [0.25, 0.3) is 0 Å². The van der Waals surface area contributed by atoms with Crippen molar-refractivity contribution in [2.75, 3.05) is 5.32 Å². The zero-order valence-electron chi connectivity index (χ0n) is 11.0. The van der Waals surface area contributed by atoms with E-state index in [4.69, 9.17) is 10.00 Å². The molecule has 0 aliphatic heterocycles. The smallest absolute Gasteiger partial charge is 0.119 e. The molecule has 1 aromatic rings. The van der Waals surface area contributed by atoms with Gasteiger partial charge in [-0.3, -0.25) is 0 Å². The highest BCUT2D eigenvalue weighted by Gasteiger charge is 2.26. The number of hydrogen-bond acceptors (Lipinski definition) is 3. The first kappa shape index (κ1) is 12.8. The molecule has 0 amide bonds. The largest absolute Gasteiger partial charge is 0.491 e. The molecule has 0 heterocycles. The predicted molar refractivity (Wildman–Crippen MR) is 72.6 cm³/mol. The van der Waals surface area contributed by atoms with Crippen LogP contribution in [0.2, 0.25) is 0 Å². The van der Waals surface area contributed by atoms with Gasteiger partial charge >= 0.3 is 0 Å². The molecule has 1 aliphatic carbocycles. The van der Waals surface area contributed by atoms with Crippen LogP contribution >= 0.6 is 0 Å². The summed E-state index contributed by atoms with van der Waals surface area (Å²) in [5.41, 5.74) is 1.07. The fourth-order valence-electron chi connectivity index (χ4n) is 2.40. The first-order valence-electron chi connectivity index (χ1n) is 6.62. The minimum atomic E-state index is 0.150. The number of nitrogens with one attached hydrogen (secondary N) is 1. The summed E-state index contributed by atoms with van der Waals surface area (Å²) in [5.74, 6) is 1.04. The first-order chi connectivity index (χ1) is 8.69.